The van der Waals surface area contributed by atoms with Crippen molar-refractivity contribution in [3.05, 3.63) is 234 Å². The Balaban J connectivity index is 1.47. The SMILES string of the molecule is SCc1ccccc1C1=c2ccc([nH]2)=C(c2ccccc2CS)c2ccc([nH]2)C(c2ccccc2CS)=c2ccc([nH]2)=C(c2ccccc2CS)c2ccc1[nH]2. The van der Waals surface area contributed by atoms with Gasteiger partial charge in [-0.2, -0.15) is 50.5 Å². The van der Waals surface area contributed by atoms with Crippen LogP contribution < -0.4 is 21.4 Å². The molecule has 0 atom stereocenters. The van der Waals surface area contributed by atoms with E-state index in [-0.39, 0.29) is 0 Å². The smallest absolute Gasteiger partial charge is 0.0486 e. The van der Waals surface area contributed by atoms with E-state index in [2.05, 4.69) is 166 Å². The Morgan fingerprint density at radius 2 is 0.500 bits per heavy atom. The topological polar surface area (TPSA) is 63.2 Å². The molecule has 276 valence electrons. The van der Waals surface area contributed by atoms with Gasteiger partial charge in [0.15, 0.2) is 0 Å². The van der Waals surface area contributed by atoms with Gasteiger partial charge in [0.2, 0.25) is 0 Å². The summed E-state index contributed by atoms with van der Waals surface area (Å²) in [6, 6.07) is 51.7. The predicted octanol–water partition coefficient (Wildman–Crippen LogP) is 8.02. The molecular weight excluding hydrogens is 761 g/mol. The molecular formula is C48H40N4S4. The monoisotopic (exact) mass is 800 g/mol. The molecule has 4 nitrogen and oxygen atoms in total. The quantitative estimate of drug-likeness (QED) is 0.0719. The van der Waals surface area contributed by atoms with Crippen molar-refractivity contribution in [2.75, 3.05) is 0 Å². The summed E-state index contributed by atoms with van der Waals surface area (Å²) in [4.78, 5) is 15.6. The second kappa shape index (κ2) is 15.8. The van der Waals surface area contributed by atoms with Crippen LogP contribution in [0.25, 0.3) is 22.3 Å². The number of H-pyrrole nitrogens is 4. The van der Waals surface area contributed by atoms with Gasteiger partial charge >= 0.3 is 0 Å². The van der Waals surface area contributed by atoms with Crippen molar-refractivity contribution < 1.29 is 0 Å². The van der Waals surface area contributed by atoms with Gasteiger partial charge in [-0.25, -0.2) is 0 Å². The first-order valence-corrected chi connectivity index (χ1v) is 21.2. The molecule has 9 rings (SSSR count). The first kappa shape index (κ1) is 36.5. The maximum absolute atomic E-state index is 4.79. The molecule has 4 aromatic carbocycles. The molecule has 0 radical (unpaired) electrons. The zero-order valence-electron chi connectivity index (χ0n) is 30.5. The Labute approximate surface area is 347 Å². The molecule has 4 N–H and O–H groups in total. The van der Waals surface area contributed by atoms with Crippen LogP contribution in [0.2, 0.25) is 0 Å². The Hall–Kier alpha value is -5.12. The average Bonchev–Trinajstić information content (AvgIpc) is 4.10. The molecule has 0 spiro atoms. The minimum Gasteiger partial charge on any atom is -0.354 e. The molecule has 1 aliphatic rings. The third-order valence-electron chi connectivity index (χ3n) is 10.7. The third kappa shape index (κ3) is 6.54. The zero-order valence-corrected chi connectivity index (χ0v) is 34.1. The molecule has 0 fully saturated rings. The zero-order chi connectivity index (χ0) is 38.2. The van der Waals surface area contributed by atoms with Crippen molar-refractivity contribution in [1.29, 1.82) is 0 Å². The minimum absolute atomic E-state index is 0.603. The minimum atomic E-state index is 0.603. The Bertz CT molecular complexity index is 2600. The number of aromatic amines is 4. The van der Waals surface area contributed by atoms with Crippen molar-refractivity contribution >= 4 is 72.8 Å². The number of benzene rings is 4. The van der Waals surface area contributed by atoms with Crippen LogP contribution in [-0.2, 0) is 23.0 Å². The van der Waals surface area contributed by atoms with Crippen molar-refractivity contribution in [3.8, 4) is 0 Å². The van der Waals surface area contributed by atoms with Crippen LogP contribution >= 0.6 is 50.5 Å². The molecule has 1 aliphatic heterocycles. The molecule has 0 amide bonds. The average molecular weight is 801 g/mol. The predicted molar refractivity (Wildman–Crippen MR) is 245 cm³/mol. The Morgan fingerprint density at radius 1 is 0.268 bits per heavy atom. The summed E-state index contributed by atoms with van der Waals surface area (Å²) >= 11 is 19.1. The Morgan fingerprint density at radius 3 is 0.732 bits per heavy atom. The summed E-state index contributed by atoms with van der Waals surface area (Å²) < 4.78 is 0. The normalized spacial score (nSPS) is 12.8. The van der Waals surface area contributed by atoms with Crippen LogP contribution in [0.5, 0.6) is 0 Å². The van der Waals surface area contributed by atoms with Gasteiger partial charge in [-0.3, -0.25) is 0 Å². The molecule has 8 bridgehead atoms. The van der Waals surface area contributed by atoms with Gasteiger partial charge in [0.05, 0.1) is 0 Å². The fourth-order valence-corrected chi connectivity index (χ4v) is 9.20. The van der Waals surface area contributed by atoms with Crippen molar-refractivity contribution in [2.45, 2.75) is 23.0 Å². The Kier molecular flexibility index (Phi) is 10.3. The first-order chi connectivity index (χ1) is 27.6. The van der Waals surface area contributed by atoms with Crippen LogP contribution in [0, 0.1) is 0 Å². The van der Waals surface area contributed by atoms with E-state index in [1.807, 2.05) is 0 Å². The molecule has 8 heteroatoms. The number of hydrogen-bond acceptors (Lipinski definition) is 4. The van der Waals surface area contributed by atoms with Gasteiger partial charge in [0, 0.05) is 89.5 Å². The summed E-state index contributed by atoms with van der Waals surface area (Å²) in [5.41, 5.74) is 17.3. The first-order valence-electron chi connectivity index (χ1n) is 18.6. The van der Waals surface area contributed by atoms with E-state index in [1.54, 1.807) is 0 Å². The highest BCUT2D eigenvalue weighted by Gasteiger charge is 2.21. The van der Waals surface area contributed by atoms with Crippen molar-refractivity contribution in [3.63, 3.8) is 0 Å². The van der Waals surface area contributed by atoms with Crippen LogP contribution in [0.1, 0.15) is 67.3 Å². The molecule has 0 aliphatic carbocycles. The summed E-state index contributed by atoms with van der Waals surface area (Å²) in [5, 5.41) is 3.99. The van der Waals surface area contributed by atoms with E-state index in [4.69, 9.17) is 50.5 Å². The lowest BCUT2D eigenvalue weighted by Crippen LogP contribution is -2.20. The van der Waals surface area contributed by atoms with Crippen LogP contribution in [0.4, 0.5) is 0 Å². The van der Waals surface area contributed by atoms with Gasteiger partial charge in [0.1, 0.15) is 0 Å². The number of aromatic nitrogens is 4. The van der Waals surface area contributed by atoms with E-state index < -0.39 is 0 Å². The van der Waals surface area contributed by atoms with Crippen LogP contribution in [-0.4, -0.2) is 19.9 Å². The third-order valence-corrected chi connectivity index (χ3v) is 12.1. The van der Waals surface area contributed by atoms with E-state index in [9.17, 15) is 0 Å². The van der Waals surface area contributed by atoms with Crippen LogP contribution in [0.15, 0.2) is 146 Å². The molecule has 0 saturated heterocycles. The van der Waals surface area contributed by atoms with Gasteiger partial charge in [-0.1, -0.05) is 97.1 Å². The summed E-state index contributed by atoms with van der Waals surface area (Å²) in [6.07, 6.45) is 0. The lowest BCUT2D eigenvalue weighted by atomic mass is 9.97. The summed E-state index contributed by atoms with van der Waals surface area (Å²) in [5.74, 6) is 2.41. The highest BCUT2D eigenvalue weighted by molar-refractivity contribution is 7.79. The standard InChI is InChI=1S/C48H40N4S4/c53-25-29-9-1-5-13-33(29)45-37-17-19-39(49-37)46(34-14-6-2-10-30(34)26-54)41-21-23-43(51-41)48(36-16-8-4-12-32(36)28-56)44-24-22-42(52-44)47(40-20-18-38(45)50-40)35-15-7-3-11-31(35)27-55/h1-24,49-56H,25-28H2. The largest absolute Gasteiger partial charge is 0.354 e. The second-order valence-electron chi connectivity index (χ2n) is 13.9. The molecule has 8 aromatic rings. The van der Waals surface area contributed by atoms with Crippen LogP contribution in [0.3, 0.4) is 0 Å². The highest BCUT2D eigenvalue weighted by Crippen LogP contribution is 2.32. The van der Waals surface area contributed by atoms with E-state index in [1.165, 1.54) is 0 Å². The van der Waals surface area contributed by atoms with E-state index in [0.717, 1.165) is 111 Å². The van der Waals surface area contributed by atoms with Gasteiger partial charge in [0.25, 0.3) is 0 Å². The lowest BCUT2D eigenvalue weighted by molar-refractivity contribution is 1.18. The summed E-state index contributed by atoms with van der Waals surface area (Å²) in [7, 11) is 0. The van der Waals surface area contributed by atoms with Gasteiger partial charge in [-0.05, 0) is 93.0 Å². The fraction of sp³-hybridized carbons (Fsp3) is 0.0833. The maximum Gasteiger partial charge on any atom is 0.0486 e. The lowest BCUT2D eigenvalue weighted by Gasteiger charge is -2.14. The maximum atomic E-state index is 4.79. The number of fused-ring (bicyclic) bond motifs is 8. The molecule has 0 unspecified atom stereocenters. The summed E-state index contributed by atoms with van der Waals surface area (Å²) in [6.45, 7) is 0. The molecule has 56 heavy (non-hydrogen) atoms. The molecule has 4 aromatic heterocycles. The molecule has 0 saturated carbocycles. The number of thiol groups is 4. The van der Waals surface area contributed by atoms with Crippen molar-refractivity contribution in [2.24, 2.45) is 0 Å². The van der Waals surface area contributed by atoms with Gasteiger partial charge < -0.3 is 19.9 Å². The number of rotatable bonds is 8. The van der Waals surface area contributed by atoms with E-state index in [0.29, 0.717) is 23.0 Å². The van der Waals surface area contributed by atoms with Crippen molar-refractivity contribution in [1.82, 2.24) is 19.9 Å². The second-order valence-corrected chi connectivity index (χ2v) is 15.2. The molecule has 5 heterocycles. The van der Waals surface area contributed by atoms with E-state index >= 15 is 0 Å². The fourth-order valence-electron chi connectivity index (χ4n) is 8.10. The number of nitrogens with one attached hydrogen (secondary N) is 4. The number of hydrogen-bond donors (Lipinski definition) is 8. The van der Waals surface area contributed by atoms with Gasteiger partial charge in [-0.15, -0.1) is 0 Å². The highest BCUT2D eigenvalue weighted by atomic mass is 32.1.